The fourth-order valence-electron chi connectivity index (χ4n) is 3.01. The van der Waals surface area contributed by atoms with Gasteiger partial charge in [0.15, 0.2) is 0 Å². The minimum atomic E-state index is -2.97. The van der Waals surface area contributed by atoms with Crippen molar-refractivity contribution < 1.29 is 23.1 Å². The first kappa shape index (κ1) is 19.7. The van der Waals surface area contributed by atoms with Crippen LogP contribution in [0.4, 0.5) is 5.69 Å². The Bertz CT molecular complexity index is 676. The van der Waals surface area contributed by atoms with Gasteiger partial charge >= 0.3 is 0 Å². The van der Waals surface area contributed by atoms with Gasteiger partial charge in [-0.1, -0.05) is 6.07 Å². The molecule has 1 amide bonds. The van der Waals surface area contributed by atoms with Gasteiger partial charge in [-0.25, -0.2) is 8.42 Å². The van der Waals surface area contributed by atoms with Gasteiger partial charge in [-0.3, -0.25) is 9.69 Å². The van der Waals surface area contributed by atoms with Crippen LogP contribution in [0.2, 0.25) is 0 Å². The SMILES string of the molecule is COc1cccc(NC(=O)CN(C[C@@H](C)O)C2CCS(=O)(=O)CC2)c1. The lowest BCUT2D eigenvalue weighted by Crippen LogP contribution is -2.47. The van der Waals surface area contributed by atoms with E-state index in [4.69, 9.17) is 4.74 Å². The maximum atomic E-state index is 12.4. The molecule has 1 fully saturated rings. The van der Waals surface area contributed by atoms with Crippen molar-refractivity contribution >= 4 is 21.4 Å². The number of benzene rings is 1. The van der Waals surface area contributed by atoms with Crippen LogP contribution in [0, 0.1) is 0 Å². The van der Waals surface area contributed by atoms with Gasteiger partial charge in [-0.2, -0.15) is 0 Å². The minimum absolute atomic E-state index is 0.0193. The molecule has 0 saturated carbocycles. The molecule has 8 heteroatoms. The van der Waals surface area contributed by atoms with Gasteiger partial charge in [-0.05, 0) is 31.9 Å². The number of hydrogen-bond donors (Lipinski definition) is 2. The van der Waals surface area contributed by atoms with Gasteiger partial charge in [0.25, 0.3) is 0 Å². The van der Waals surface area contributed by atoms with E-state index in [9.17, 15) is 18.3 Å². The van der Waals surface area contributed by atoms with Crippen molar-refractivity contribution in [2.75, 3.05) is 37.0 Å². The highest BCUT2D eigenvalue weighted by molar-refractivity contribution is 7.91. The molecule has 7 nitrogen and oxygen atoms in total. The van der Waals surface area contributed by atoms with Crippen LogP contribution in [0.3, 0.4) is 0 Å². The monoisotopic (exact) mass is 370 g/mol. The van der Waals surface area contributed by atoms with Crippen LogP contribution in [0.25, 0.3) is 0 Å². The van der Waals surface area contributed by atoms with E-state index >= 15 is 0 Å². The van der Waals surface area contributed by atoms with Crippen LogP contribution in [0.15, 0.2) is 24.3 Å². The Labute approximate surface area is 148 Å². The highest BCUT2D eigenvalue weighted by atomic mass is 32.2. The summed E-state index contributed by atoms with van der Waals surface area (Å²) in [5.74, 6) is 0.704. The molecule has 0 aliphatic carbocycles. The number of nitrogens with zero attached hydrogens (tertiary/aromatic N) is 1. The van der Waals surface area contributed by atoms with Crippen molar-refractivity contribution in [1.82, 2.24) is 4.90 Å². The molecule has 2 N–H and O–H groups in total. The molecule has 25 heavy (non-hydrogen) atoms. The third kappa shape index (κ3) is 6.30. The van der Waals surface area contributed by atoms with Crippen molar-refractivity contribution in [2.45, 2.75) is 31.9 Å². The third-order valence-corrected chi connectivity index (χ3v) is 5.95. The van der Waals surface area contributed by atoms with E-state index in [2.05, 4.69) is 5.32 Å². The van der Waals surface area contributed by atoms with Crippen LogP contribution in [0.5, 0.6) is 5.75 Å². The summed E-state index contributed by atoms with van der Waals surface area (Å²) in [6, 6.07) is 7.05. The molecule has 0 spiro atoms. The maximum absolute atomic E-state index is 12.4. The van der Waals surface area contributed by atoms with Crippen molar-refractivity contribution in [3.8, 4) is 5.75 Å². The third-order valence-electron chi connectivity index (χ3n) is 4.24. The predicted molar refractivity (Wildman–Crippen MR) is 96.6 cm³/mol. The number of aliphatic hydroxyl groups excluding tert-OH is 1. The molecule has 0 bridgehead atoms. The molecule has 1 saturated heterocycles. The molecular formula is C17H26N2O5S. The van der Waals surface area contributed by atoms with Crippen LogP contribution >= 0.6 is 0 Å². The Morgan fingerprint density at radius 2 is 2.08 bits per heavy atom. The molecule has 0 unspecified atom stereocenters. The molecule has 1 aromatic rings. The standard InChI is InChI=1S/C17H26N2O5S/c1-13(20)11-19(15-6-8-25(22,23)9-7-15)12-17(21)18-14-4-3-5-16(10-14)24-2/h3-5,10,13,15,20H,6-9,11-12H2,1-2H3,(H,18,21)/t13-/m1/s1. The van der Waals surface area contributed by atoms with E-state index in [-0.39, 0.29) is 30.0 Å². The van der Waals surface area contributed by atoms with E-state index in [1.165, 1.54) is 0 Å². The number of rotatable bonds is 7. The fourth-order valence-corrected chi connectivity index (χ4v) is 4.48. The Morgan fingerprint density at radius 1 is 1.40 bits per heavy atom. The number of hydrogen-bond acceptors (Lipinski definition) is 6. The second-order valence-corrected chi connectivity index (χ2v) is 8.75. The van der Waals surface area contributed by atoms with Gasteiger partial charge in [0.05, 0.1) is 31.3 Å². The van der Waals surface area contributed by atoms with E-state index < -0.39 is 15.9 Å². The molecule has 1 heterocycles. The lowest BCUT2D eigenvalue weighted by Gasteiger charge is -2.34. The second-order valence-electron chi connectivity index (χ2n) is 6.44. The quantitative estimate of drug-likeness (QED) is 0.740. The van der Waals surface area contributed by atoms with Crippen molar-refractivity contribution in [3.63, 3.8) is 0 Å². The zero-order valence-electron chi connectivity index (χ0n) is 14.6. The smallest absolute Gasteiger partial charge is 0.238 e. The predicted octanol–water partition coefficient (Wildman–Crippen LogP) is 0.894. The van der Waals surface area contributed by atoms with Gasteiger partial charge in [0.2, 0.25) is 5.91 Å². The number of anilines is 1. The average molecular weight is 370 g/mol. The zero-order chi connectivity index (χ0) is 18.4. The summed E-state index contributed by atoms with van der Waals surface area (Å²) in [5, 5.41) is 12.5. The van der Waals surface area contributed by atoms with E-state index in [1.54, 1.807) is 38.3 Å². The van der Waals surface area contributed by atoms with Crippen LogP contribution in [-0.2, 0) is 14.6 Å². The molecule has 0 radical (unpaired) electrons. The van der Waals surface area contributed by atoms with E-state index in [0.29, 0.717) is 30.8 Å². The number of methoxy groups -OCH3 is 1. The largest absolute Gasteiger partial charge is 0.497 e. The molecule has 1 aromatic carbocycles. The first-order valence-electron chi connectivity index (χ1n) is 8.35. The highest BCUT2D eigenvalue weighted by Crippen LogP contribution is 2.20. The minimum Gasteiger partial charge on any atom is -0.497 e. The number of aliphatic hydroxyl groups is 1. The van der Waals surface area contributed by atoms with Crippen LogP contribution < -0.4 is 10.1 Å². The first-order valence-corrected chi connectivity index (χ1v) is 10.2. The number of nitrogens with one attached hydrogen (secondary N) is 1. The summed E-state index contributed by atoms with van der Waals surface area (Å²) in [6.07, 6.45) is 0.381. The first-order chi connectivity index (χ1) is 11.8. The van der Waals surface area contributed by atoms with E-state index in [0.717, 1.165) is 0 Å². The molecule has 0 aromatic heterocycles. The van der Waals surface area contributed by atoms with Crippen molar-refractivity contribution in [1.29, 1.82) is 0 Å². The summed E-state index contributed by atoms with van der Waals surface area (Å²) in [4.78, 5) is 14.3. The molecule has 1 aliphatic heterocycles. The summed E-state index contributed by atoms with van der Waals surface area (Å²) in [5.41, 5.74) is 0.632. The Morgan fingerprint density at radius 3 is 2.68 bits per heavy atom. The van der Waals surface area contributed by atoms with Crippen molar-refractivity contribution in [3.05, 3.63) is 24.3 Å². The normalized spacial score (nSPS) is 18.7. The lowest BCUT2D eigenvalue weighted by atomic mass is 10.1. The fraction of sp³-hybridized carbons (Fsp3) is 0.588. The topological polar surface area (TPSA) is 95.9 Å². The van der Waals surface area contributed by atoms with Crippen molar-refractivity contribution in [2.24, 2.45) is 0 Å². The lowest BCUT2D eigenvalue weighted by molar-refractivity contribution is -0.118. The molecule has 1 aliphatic rings. The molecule has 140 valence electrons. The number of carbonyl (C=O) groups is 1. The van der Waals surface area contributed by atoms with Crippen LogP contribution in [0.1, 0.15) is 19.8 Å². The van der Waals surface area contributed by atoms with E-state index in [1.807, 2.05) is 4.90 Å². The summed E-state index contributed by atoms with van der Waals surface area (Å²) in [7, 11) is -1.41. The number of sulfone groups is 1. The maximum Gasteiger partial charge on any atom is 0.238 e. The number of carbonyl (C=O) groups excluding carboxylic acids is 1. The zero-order valence-corrected chi connectivity index (χ0v) is 15.5. The second kappa shape index (κ2) is 8.64. The highest BCUT2D eigenvalue weighted by Gasteiger charge is 2.29. The van der Waals surface area contributed by atoms with Gasteiger partial charge in [0, 0.05) is 24.3 Å². The van der Waals surface area contributed by atoms with Gasteiger partial charge in [0.1, 0.15) is 15.6 Å². The summed E-state index contributed by atoms with van der Waals surface area (Å²) in [6.45, 7) is 2.09. The molecule has 2 rings (SSSR count). The summed E-state index contributed by atoms with van der Waals surface area (Å²) < 4.78 is 28.3. The average Bonchev–Trinajstić information content (AvgIpc) is 2.54. The Balaban J connectivity index is 1.99. The molecule has 1 atom stereocenters. The van der Waals surface area contributed by atoms with Gasteiger partial charge in [-0.15, -0.1) is 0 Å². The van der Waals surface area contributed by atoms with Gasteiger partial charge < -0.3 is 15.2 Å². The summed E-state index contributed by atoms with van der Waals surface area (Å²) >= 11 is 0. The van der Waals surface area contributed by atoms with Crippen LogP contribution in [-0.4, -0.2) is 68.2 Å². The Kier molecular flexibility index (Phi) is 6.80. The molecular weight excluding hydrogens is 344 g/mol. The number of amides is 1. The Hall–Kier alpha value is -1.64. The number of ether oxygens (including phenoxy) is 1.